The van der Waals surface area contributed by atoms with Gasteiger partial charge < -0.3 is 9.47 Å². The van der Waals surface area contributed by atoms with Crippen LogP contribution in [0.1, 0.15) is 12.5 Å². The maximum absolute atomic E-state index is 5.13. The van der Waals surface area contributed by atoms with Crippen LogP contribution in [-0.4, -0.2) is 14.2 Å². The van der Waals surface area contributed by atoms with Gasteiger partial charge in [-0.25, -0.2) is 0 Å². The van der Waals surface area contributed by atoms with Crippen molar-refractivity contribution in [3.63, 3.8) is 0 Å². The molecule has 0 spiro atoms. The van der Waals surface area contributed by atoms with Gasteiger partial charge in [0.1, 0.15) is 11.5 Å². The normalized spacial score (nSPS) is 11.8. The predicted octanol–water partition coefficient (Wildman–Crippen LogP) is 3.34. The summed E-state index contributed by atoms with van der Waals surface area (Å²) in [5.74, 6) is 1.77. The number of benzene rings is 1. The van der Waals surface area contributed by atoms with E-state index in [4.69, 9.17) is 9.47 Å². The molecular formula is C14H18O2. The summed E-state index contributed by atoms with van der Waals surface area (Å²) in [6.45, 7) is 1.95. The molecule has 0 radical (unpaired) electrons. The zero-order valence-corrected chi connectivity index (χ0v) is 10.1. The van der Waals surface area contributed by atoms with E-state index in [1.165, 1.54) is 5.56 Å². The second kappa shape index (κ2) is 6.72. The SMILES string of the molecule is C/C=C(\C=C/Cc1ccc(OC)cc1)OC. The zero-order chi connectivity index (χ0) is 11.8. The number of hydrogen-bond acceptors (Lipinski definition) is 2. The Bertz CT molecular complexity index is 361. The standard InChI is InChI=1S/C14H18O2/c1-4-13(15-2)7-5-6-12-8-10-14(16-3)11-9-12/h4-5,7-11H,6H2,1-3H3/b7-5-,13-4+. The highest BCUT2D eigenvalue weighted by atomic mass is 16.5. The summed E-state index contributed by atoms with van der Waals surface area (Å²) < 4.78 is 10.2. The minimum absolute atomic E-state index is 0.883. The van der Waals surface area contributed by atoms with Crippen LogP contribution < -0.4 is 4.74 Å². The van der Waals surface area contributed by atoms with Gasteiger partial charge in [0.15, 0.2) is 0 Å². The molecule has 0 aliphatic rings. The summed E-state index contributed by atoms with van der Waals surface area (Å²) >= 11 is 0. The molecule has 0 unspecified atom stereocenters. The Morgan fingerprint density at radius 3 is 2.38 bits per heavy atom. The molecule has 0 fully saturated rings. The van der Waals surface area contributed by atoms with Gasteiger partial charge in [-0.1, -0.05) is 18.2 Å². The van der Waals surface area contributed by atoms with Crippen molar-refractivity contribution < 1.29 is 9.47 Å². The molecule has 0 N–H and O–H groups in total. The molecule has 0 aliphatic carbocycles. The Morgan fingerprint density at radius 2 is 1.88 bits per heavy atom. The maximum atomic E-state index is 5.13. The second-order valence-electron chi connectivity index (χ2n) is 3.35. The van der Waals surface area contributed by atoms with E-state index >= 15 is 0 Å². The first-order chi connectivity index (χ1) is 7.80. The molecule has 2 nitrogen and oxygen atoms in total. The van der Waals surface area contributed by atoms with Crippen molar-refractivity contribution in [2.24, 2.45) is 0 Å². The van der Waals surface area contributed by atoms with E-state index in [1.807, 2.05) is 31.2 Å². The Labute approximate surface area is 97.2 Å². The third kappa shape index (κ3) is 3.81. The highest BCUT2D eigenvalue weighted by Crippen LogP contribution is 2.12. The summed E-state index contributed by atoms with van der Waals surface area (Å²) in [4.78, 5) is 0. The van der Waals surface area contributed by atoms with Crippen LogP contribution in [0.4, 0.5) is 0 Å². The molecular weight excluding hydrogens is 200 g/mol. The summed E-state index contributed by atoms with van der Waals surface area (Å²) in [5.41, 5.74) is 1.25. The number of ether oxygens (including phenoxy) is 2. The summed E-state index contributed by atoms with van der Waals surface area (Å²) in [6, 6.07) is 8.06. The van der Waals surface area contributed by atoms with Crippen molar-refractivity contribution in [2.45, 2.75) is 13.3 Å². The van der Waals surface area contributed by atoms with Gasteiger partial charge in [-0.2, -0.15) is 0 Å². The largest absolute Gasteiger partial charge is 0.497 e. The van der Waals surface area contributed by atoms with Gasteiger partial charge in [0.25, 0.3) is 0 Å². The van der Waals surface area contributed by atoms with E-state index < -0.39 is 0 Å². The van der Waals surface area contributed by atoms with Crippen LogP contribution in [0, 0.1) is 0 Å². The van der Waals surface area contributed by atoms with E-state index in [0.29, 0.717) is 0 Å². The Balaban J connectivity index is 2.54. The fraction of sp³-hybridized carbons (Fsp3) is 0.286. The van der Waals surface area contributed by atoms with Crippen molar-refractivity contribution in [3.05, 3.63) is 53.8 Å². The van der Waals surface area contributed by atoms with Crippen LogP contribution in [-0.2, 0) is 11.2 Å². The number of hydrogen-bond donors (Lipinski definition) is 0. The van der Waals surface area contributed by atoms with E-state index in [-0.39, 0.29) is 0 Å². The van der Waals surface area contributed by atoms with Crippen molar-refractivity contribution >= 4 is 0 Å². The van der Waals surface area contributed by atoms with E-state index in [1.54, 1.807) is 14.2 Å². The van der Waals surface area contributed by atoms with Gasteiger partial charge in [-0.3, -0.25) is 0 Å². The van der Waals surface area contributed by atoms with Gasteiger partial charge in [0.2, 0.25) is 0 Å². The fourth-order valence-electron chi connectivity index (χ4n) is 1.35. The van der Waals surface area contributed by atoms with E-state index in [0.717, 1.165) is 17.9 Å². The molecule has 86 valence electrons. The molecule has 0 saturated carbocycles. The molecule has 1 rings (SSSR count). The highest BCUT2D eigenvalue weighted by Gasteiger charge is 1.92. The number of methoxy groups -OCH3 is 2. The Kier molecular flexibility index (Phi) is 5.20. The lowest BCUT2D eigenvalue weighted by molar-refractivity contribution is 0.306. The molecule has 1 aromatic carbocycles. The molecule has 0 saturated heterocycles. The molecule has 0 heterocycles. The lowest BCUT2D eigenvalue weighted by Crippen LogP contribution is -1.85. The van der Waals surface area contributed by atoms with Crippen LogP contribution in [0.2, 0.25) is 0 Å². The van der Waals surface area contributed by atoms with Crippen molar-refractivity contribution in [3.8, 4) is 5.75 Å². The third-order valence-corrected chi connectivity index (χ3v) is 2.31. The lowest BCUT2D eigenvalue weighted by Gasteiger charge is -2.01. The van der Waals surface area contributed by atoms with Crippen molar-refractivity contribution in [2.75, 3.05) is 14.2 Å². The first-order valence-corrected chi connectivity index (χ1v) is 5.30. The zero-order valence-electron chi connectivity index (χ0n) is 10.1. The minimum atomic E-state index is 0.883. The monoisotopic (exact) mass is 218 g/mol. The Morgan fingerprint density at radius 1 is 1.19 bits per heavy atom. The summed E-state index contributed by atoms with van der Waals surface area (Å²) in [6.07, 6.45) is 6.89. The van der Waals surface area contributed by atoms with Crippen LogP contribution >= 0.6 is 0 Å². The average Bonchev–Trinajstić information content (AvgIpc) is 2.35. The average molecular weight is 218 g/mol. The number of allylic oxidation sites excluding steroid dienone is 3. The van der Waals surface area contributed by atoms with Crippen molar-refractivity contribution in [1.82, 2.24) is 0 Å². The van der Waals surface area contributed by atoms with Crippen LogP contribution in [0.25, 0.3) is 0 Å². The van der Waals surface area contributed by atoms with Gasteiger partial charge in [-0.05, 0) is 43.2 Å². The highest BCUT2D eigenvalue weighted by molar-refractivity contribution is 5.28. The molecule has 0 atom stereocenters. The molecule has 16 heavy (non-hydrogen) atoms. The molecule has 0 aromatic heterocycles. The minimum Gasteiger partial charge on any atom is -0.497 e. The first kappa shape index (κ1) is 12.4. The molecule has 0 bridgehead atoms. The first-order valence-electron chi connectivity index (χ1n) is 5.30. The van der Waals surface area contributed by atoms with Crippen LogP contribution in [0.15, 0.2) is 48.3 Å². The van der Waals surface area contributed by atoms with Gasteiger partial charge in [0.05, 0.1) is 14.2 Å². The van der Waals surface area contributed by atoms with Crippen molar-refractivity contribution in [1.29, 1.82) is 0 Å². The smallest absolute Gasteiger partial charge is 0.118 e. The quantitative estimate of drug-likeness (QED) is 0.557. The topological polar surface area (TPSA) is 18.5 Å². The Hall–Kier alpha value is -1.70. The molecule has 2 heteroatoms. The maximum Gasteiger partial charge on any atom is 0.118 e. The predicted molar refractivity (Wildman–Crippen MR) is 66.6 cm³/mol. The van der Waals surface area contributed by atoms with E-state index in [2.05, 4.69) is 18.2 Å². The van der Waals surface area contributed by atoms with Crippen LogP contribution in [0.5, 0.6) is 5.75 Å². The molecule has 1 aromatic rings. The van der Waals surface area contributed by atoms with Gasteiger partial charge in [-0.15, -0.1) is 0 Å². The fourth-order valence-corrected chi connectivity index (χ4v) is 1.35. The molecule has 0 amide bonds. The van der Waals surface area contributed by atoms with Crippen LogP contribution in [0.3, 0.4) is 0 Å². The van der Waals surface area contributed by atoms with Gasteiger partial charge in [0, 0.05) is 0 Å². The summed E-state index contributed by atoms with van der Waals surface area (Å²) in [5, 5.41) is 0. The second-order valence-corrected chi connectivity index (χ2v) is 3.35. The summed E-state index contributed by atoms with van der Waals surface area (Å²) in [7, 11) is 3.35. The number of rotatable bonds is 5. The lowest BCUT2D eigenvalue weighted by atomic mass is 10.1. The van der Waals surface area contributed by atoms with Gasteiger partial charge >= 0.3 is 0 Å². The third-order valence-electron chi connectivity index (χ3n) is 2.31. The van der Waals surface area contributed by atoms with E-state index in [9.17, 15) is 0 Å². The molecule has 0 aliphatic heterocycles.